The van der Waals surface area contributed by atoms with E-state index < -0.39 is 0 Å². The fourth-order valence-corrected chi connectivity index (χ4v) is 2.80. The van der Waals surface area contributed by atoms with E-state index in [1.165, 1.54) is 11.3 Å². The predicted molar refractivity (Wildman–Crippen MR) is 86.5 cm³/mol. The van der Waals surface area contributed by atoms with Crippen molar-refractivity contribution in [3.8, 4) is 5.75 Å². The molecule has 0 saturated carbocycles. The molecule has 5 nitrogen and oxygen atoms in total. The molecule has 1 aliphatic heterocycles. The van der Waals surface area contributed by atoms with Gasteiger partial charge in [-0.1, -0.05) is 12.1 Å². The molecule has 1 amide bonds. The van der Waals surface area contributed by atoms with Gasteiger partial charge in [-0.2, -0.15) is 0 Å². The lowest BCUT2D eigenvalue weighted by molar-refractivity contribution is -0.893. The number of hydrogen-bond acceptors (Lipinski definition) is 3. The SMILES string of the molecule is CC[NH+](CC(=O)Nc1ccccc1OC)C[C@@H]1CCCCO1. The van der Waals surface area contributed by atoms with E-state index in [0.717, 1.165) is 38.2 Å². The molecule has 5 heteroatoms. The first-order valence-electron chi connectivity index (χ1n) is 8.11. The van der Waals surface area contributed by atoms with Gasteiger partial charge in [0.1, 0.15) is 18.4 Å². The quantitative estimate of drug-likeness (QED) is 0.793. The molecule has 0 aliphatic carbocycles. The summed E-state index contributed by atoms with van der Waals surface area (Å²) >= 11 is 0. The second-order valence-corrected chi connectivity index (χ2v) is 5.72. The van der Waals surface area contributed by atoms with Crippen LogP contribution in [0.2, 0.25) is 0 Å². The first-order valence-corrected chi connectivity index (χ1v) is 8.11. The highest BCUT2D eigenvalue weighted by Crippen LogP contribution is 2.22. The fraction of sp³-hybridized carbons (Fsp3) is 0.588. The summed E-state index contributed by atoms with van der Waals surface area (Å²) in [6, 6.07) is 7.47. The number of carbonyl (C=O) groups is 1. The van der Waals surface area contributed by atoms with Crippen LogP contribution in [0.1, 0.15) is 26.2 Å². The average molecular weight is 307 g/mol. The van der Waals surface area contributed by atoms with Crippen LogP contribution in [0.5, 0.6) is 5.75 Å². The molecular weight excluding hydrogens is 280 g/mol. The number of anilines is 1. The second kappa shape index (κ2) is 8.76. The van der Waals surface area contributed by atoms with E-state index in [1.54, 1.807) is 7.11 Å². The summed E-state index contributed by atoms with van der Waals surface area (Å²) < 4.78 is 11.0. The monoisotopic (exact) mass is 307 g/mol. The fourth-order valence-electron chi connectivity index (χ4n) is 2.80. The van der Waals surface area contributed by atoms with Crippen molar-refractivity contribution >= 4 is 11.6 Å². The van der Waals surface area contributed by atoms with Crippen LogP contribution in [0, 0.1) is 0 Å². The van der Waals surface area contributed by atoms with Crippen molar-refractivity contribution in [2.24, 2.45) is 0 Å². The van der Waals surface area contributed by atoms with Crippen molar-refractivity contribution < 1.29 is 19.2 Å². The smallest absolute Gasteiger partial charge is 0.279 e. The number of para-hydroxylation sites is 2. The van der Waals surface area contributed by atoms with E-state index in [9.17, 15) is 4.79 Å². The topological polar surface area (TPSA) is 52.0 Å². The minimum atomic E-state index is 0.0113. The third-order valence-electron chi connectivity index (χ3n) is 4.08. The summed E-state index contributed by atoms with van der Waals surface area (Å²) in [5.74, 6) is 0.696. The maximum Gasteiger partial charge on any atom is 0.279 e. The van der Waals surface area contributed by atoms with Crippen molar-refractivity contribution in [1.29, 1.82) is 0 Å². The van der Waals surface area contributed by atoms with Crippen LogP contribution >= 0.6 is 0 Å². The van der Waals surface area contributed by atoms with Gasteiger partial charge in [-0.15, -0.1) is 0 Å². The van der Waals surface area contributed by atoms with Crippen LogP contribution in [0.15, 0.2) is 24.3 Å². The van der Waals surface area contributed by atoms with Crippen molar-refractivity contribution in [3.63, 3.8) is 0 Å². The second-order valence-electron chi connectivity index (χ2n) is 5.72. The Bertz CT molecular complexity index is 473. The van der Waals surface area contributed by atoms with Crippen LogP contribution in [0.4, 0.5) is 5.69 Å². The molecule has 1 fully saturated rings. The molecule has 2 atom stereocenters. The largest absolute Gasteiger partial charge is 0.495 e. The lowest BCUT2D eigenvalue weighted by atomic mass is 10.1. The third-order valence-corrected chi connectivity index (χ3v) is 4.08. The van der Waals surface area contributed by atoms with Gasteiger partial charge in [-0.05, 0) is 38.3 Å². The lowest BCUT2D eigenvalue weighted by Gasteiger charge is -2.26. The first-order chi connectivity index (χ1) is 10.7. The number of carbonyl (C=O) groups excluding carboxylic acids is 1. The van der Waals surface area contributed by atoms with Gasteiger partial charge >= 0.3 is 0 Å². The van der Waals surface area contributed by atoms with Gasteiger partial charge in [0.05, 0.1) is 19.3 Å². The van der Waals surface area contributed by atoms with E-state index in [2.05, 4.69) is 12.2 Å². The Kier molecular flexibility index (Phi) is 6.68. The maximum atomic E-state index is 12.3. The summed E-state index contributed by atoms with van der Waals surface area (Å²) in [6.45, 7) is 5.23. The molecule has 1 aromatic rings. The van der Waals surface area contributed by atoms with Crippen LogP contribution in [0.3, 0.4) is 0 Å². The summed E-state index contributed by atoms with van der Waals surface area (Å²) in [7, 11) is 1.61. The van der Waals surface area contributed by atoms with Gasteiger partial charge in [0.2, 0.25) is 0 Å². The standard InChI is InChI=1S/C17H26N2O3/c1-3-19(12-14-8-6-7-11-22-14)13-17(20)18-15-9-4-5-10-16(15)21-2/h4-5,9-10,14H,3,6-8,11-13H2,1-2H3,(H,18,20)/p+1/t14-/m0/s1. The zero-order valence-corrected chi connectivity index (χ0v) is 13.6. The minimum absolute atomic E-state index is 0.0113. The number of ether oxygens (including phenoxy) is 2. The van der Waals surface area contributed by atoms with E-state index in [4.69, 9.17) is 9.47 Å². The Balaban J connectivity index is 1.86. The van der Waals surface area contributed by atoms with Crippen molar-refractivity contribution in [2.75, 3.05) is 38.7 Å². The van der Waals surface area contributed by atoms with E-state index in [-0.39, 0.29) is 5.91 Å². The number of likely N-dealkylation sites (N-methyl/N-ethyl adjacent to an activating group) is 1. The van der Waals surface area contributed by atoms with Gasteiger partial charge in [0, 0.05) is 6.61 Å². The van der Waals surface area contributed by atoms with Gasteiger partial charge in [-0.3, -0.25) is 4.79 Å². The zero-order valence-electron chi connectivity index (χ0n) is 13.6. The Morgan fingerprint density at radius 1 is 1.41 bits per heavy atom. The molecule has 0 spiro atoms. The zero-order chi connectivity index (χ0) is 15.8. The molecule has 1 saturated heterocycles. The van der Waals surface area contributed by atoms with Crippen molar-refractivity contribution in [3.05, 3.63) is 24.3 Å². The van der Waals surface area contributed by atoms with Crippen molar-refractivity contribution in [2.45, 2.75) is 32.3 Å². The predicted octanol–water partition coefficient (Wildman–Crippen LogP) is 1.11. The molecule has 1 aromatic carbocycles. The normalized spacial score (nSPS) is 19.5. The van der Waals surface area contributed by atoms with Gasteiger partial charge in [0.25, 0.3) is 5.91 Å². The number of hydrogen-bond donors (Lipinski definition) is 2. The van der Waals surface area contributed by atoms with Crippen LogP contribution in [0.25, 0.3) is 0 Å². The Morgan fingerprint density at radius 3 is 2.91 bits per heavy atom. The van der Waals surface area contributed by atoms with Gasteiger partial charge in [0.15, 0.2) is 6.54 Å². The number of rotatable bonds is 7. The molecule has 0 radical (unpaired) electrons. The molecular formula is C17H27N2O3+. The molecule has 1 unspecified atom stereocenters. The van der Waals surface area contributed by atoms with Crippen LogP contribution in [-0.2, 0) is 9.53 Å². The number of amides is 1. The molecule has 122 valence electrons. The lowest BCUT2D eigenvalue weighted by Crippen LogP contribution is -3.13. The highest BCUT2D eigenvalue weighted by atomic mass is 16.5. The minimum Gasteiger partial charge on any atom is -0.495 e. The summed E-state index contributed by atoms with van der Waals surface area (Å²) in [4.78, 5) is 13.5. The Hall–Kier alpha value is -1.59. The van der Waals surface area contributed by atoms with Crippen LogP contribution in [-0.4, -0.2) is 45.4 Å². The molecule has 0 bridgehead atoms. The van der Waals surface area contributed by atoms with E-state index in [1.807, 2.05) is 24.3 Å². The van der Waals surface area contributed by atoms with Crippen LogP contribution < -0.4 is 15.0 Å². The molecule has 1 heterocycles. The number of methoxy groups -OCH3 is 1. The summed E-state index contributed by atoms with van der Waals surface area (Å²) in [5.41, 5.74) is 0.722. The first kappa shape index (κ1) is 16.8. The Labute approximate surface area is 132 Å². The highest BCUT2D eigenvalue weighted by Gasteiger charge is 2.21. The van der Waals surface area contributed by atoms with E-state index >= 15 is 0 Å². The average Bonchev–Trinajstić information content (AvgIpc) is 2.55. The molecule has 2 rings (SSSR count). The molecule has 1 aliphatic rings. The number of nitrogens with one attached hydrogen (secondary N) is 2. The third kappa shape index (κ3) is 5.00. The maximum absolute atomic E-state index is 12.3. The van der Waals surface area contributed by atoms with Crippen molar-refractivity contribution in [1.82, 2.24) is 0 Å². The van der Waals surface area contributed by atoms with Gasteiger partial charge < -0.3 is 19.7 Å². The van der Waals surface area contributed by atoms with E-state index in [0.29, 0.717) is 18.4 Å². The molecule has 22 heavy (non-hydrogen) atoms. The molecule has 2 N–H and O–H groups in total. The number of benzene rings is 1. The highest BCUT2D eigenvalue weighted by molar-refractivity contribution is 5.92. The van der Waals surface area contributed by atoms with Gasteiger partial charge in [-0.25, -0.2) is 0 Å². The summed E-state index contributed by atoms with van der Waals surface area (Å²) in [5, 5.41) is 2.94. The number of quaternary nitrogens is 1. The summed E-state index contributed by atoms with van der Waals surface area (Å²) in [6.07, 6.45) is 3.79. The Morgan fingerprint density at radius 2 is 2.23 bits per heavy atom. The molecule has 0 aromatic heterocycles.